The van der Waals surface area contributed by atoms with E-state index in [1.807, 2.05) is 11.4 Å². The van der Waals surface area contributed by atoms with E-state index < -0.39 is 6.10 Å². The summed E-state index contributed by atoms with van der Waals surface area (Å²) in [5.74, 6) is 6.42. The van der Waals surface area contributed by atoms with Crippen molar-refractivity contribution in [1.29, 1.82) is 0 Å². The normalized spacial score (nSPS) is 12.6. The van der Waals surface area contributed by atoms with Crippen LogP contribution in [0.15, 0.2) is 11.4 Å². The summed E-state index contributed by atoms with van der Waals surface area (Å²) in [6.07, 6.45) is 0.0962. The Morgan fingerprint density at radius 3 is 3.11 bits per heavy atom. The first-order valence-electron chi connectivity index (χ1n) is 5.87. The van der Waals surface area contributed by atoms with Gasteiger partial charge >= 0.3 is 0 Å². The van der Waals surface area contributed by atoms with Gasteiger partial charge in [-0.3, -0.25) is 5.43 Å². The number of fused-ring (bicyclic) bond motifs is 1. The maximum absolute atomic E-state index is 9.57. The largest absolute Gasteiger partial charge is 0.391 e. The van der Waals surface area contributed by atoms with Crippen molar-refractivity contribution in [2.45, 2.75) is 12.5 Å². The number of hydrogen-bond donors (Lipinski definition) is 4. The number of thiophene rings is 1. The van der Waals surface area contributed by atoms with Crippen LogP contribution in [0.3, 0.4) is 0 Å². The highest BCUT2D eigenvalue weighted by molar-refractivity contribution is 7.16. The van der Waals surface area contributed by atoms with E-state index in [0.29, 0.717) is 31.3 Å². The van der Waals surface area contributed by atoms with Crippen molar-refractivity contribution < 1.29 is 9.84 Å². The lowest BCUT2D eigenvalue weighted by atomic mass is 10.2. The SMILES string of the molecule is COCC(O)CCNc1nc(NN)nc2sccc12. The lowest BCUT2D eigenvalue weighted by Crippen LogP contribution is -2.19. The van der Waals surface area contributed by atoms with Crippen molar-refractivity contribution in [3.63, 3.8) is 0 Å². The number of nitrogens with one attached hydrogen (secondary N) is 2. The Bertz CT molecular complexity index is 533. The molecule has 2 rings (SSSR count). The highest BCUT2D eigenvalue weighted by Gasteiger charge is 2.09. The Balaban J connectivity index is 2.04. The first-order valence-corrected chi connectivity index (χ1v) is 6.75. The van der Waals surface area contributed by atoms with Gasteiger partial charge in [-0.1, -0.05) is 0 Å². The fraction of sp³-hybridized carbons (Fsp3) is 0.455. The summed E-state index contributed by atoms with van der Waals surface area (Å²) >= 11 is 1.52. The smallest absolute Gasteiger partial charge is 0.240 e. The highest BCUT2D eigenvalue weighted by atomic mass is 32.1. The zero-order valence-corrected chi connectivity index (χ0v) is 11.4. The molecule has 8 heteroatoms. The number of nitrogens with zero attached hydrogens (tertiary/aromatic N) is 2. The van der Waals surface area contributed by atoms with Crippen LogP contribution in [0.1, 0.15) is 6.42 Å². The quantitative estimate of drug-likeness (QED) is 0.439. The van der Waals surface area contributed by atoms with Crippen LogP contribution in [0.5, 0.6) is 0 Å². The first-order chi connectivity index (χ1) is 9.24. The predicted molar refractivity (Wildman–Crippen MR) is 76.2 cm³/mol. The zero-order valence-electron chi connectivity index (χ0n) is 10.6. The molecule has 5 N–H and O–H groups in total. The van der Waals surface area contributed by atoms with E-state index in [-0.39, 0.29) is 0 Å². The van der Waals surface area contributed by atoms with Crippen molar-refractivity contribution in [2.24, 2.45) is 5.84 Å². The molecule has 0 amide bonds. The van der Waals surface area contributed by atoms with Gasteiger partial charge in [0.2, 0.25) is 5.95 Å². The molecule has 2 heterocycles. The standard InChI is InChI=1S/C11H17N5O2S/c1-18-6-7(17)2-4-13-9-8-3-5-19-10(8)15-11(14-9)16-12/h3,5,7,17H,2,4,6,12H2,1H3,(H2,13,14,15,16). The minimum absolute atomic E-state index is 0.328. The number of nitrogens with two attached hydrogens (primary N) is 1. The molecule has 104 valence electrons. The molecule has 0 aliphatic heterocycles. The molecular formula is C11H17N5O2S. The van der Waals surface area contributed by atoms with Gasteiger partial charge in [0.1, 0.15) is 10.6 Å². The molecule has 19 heavy (non-hydrogen) atoms. The molecule has 0 radical (unpaired) electrons. The second-order valence-corrected chi connectivity index (χ2v) is 4.90. The number of hydrazine groups is 1. The summed E-state index contributed by atoms with van der Waals surface area (Å²) < 4.78 is 4.87. The molecule has 0 aliphatic carbocycles. The average Bonchev–Trinajstić information content (AvgIpc) is 2.87. The monoisotopic (exact) mass is 283 g/mol. The predicted octanol–water partition coefficient (Wildman–Crippen LogP) is 0.786. The fourth-order valence-corrected chi connectivity index (χ4v) is 2.45. The number of aliphatic hydroxyl groups is 1. The van der Waals surface area contributed by atoms with Gasteiger partial charge in [-0.2, -0.15) is 4.98 Å². The summed E-state index contributed by atoms with van der Waals surface area (Å²) in [5.41, 5.74) is 2.44. The molecule has 7 nitrogen and oxygen atoms in total. The van der Waals surface area contributed by atoms with Gasteiger partial charge in [0, 0.05) is 13.7 Å². The molecule has 0 saturated carbocycles. The Morgan fingerprint density at radius 2 is 2.37 bits per heavy atom. The Kier molecular flexibility index (Phi) is 4.86. The van der Waals surface area contributed by atoms with E-state index >= 15 is 0 Å². The van der Waals surface area contributed by atoms with Crippen LogP contribution < -0.4 is 16.6 Å². The van der Waals surface area contributed by atoms with Crippen molar-refractivity contribution in [3.05, 3.63) is 11.4 Å². The number of ether oxygens (including phenoxy) is 1. The Labute approximate surface area is 114 Å². The molecule has 0 saturated heterocycles. The van der Waals surface area contributed by atoms with E-state index in [1.54, 1.807) is 7.11 Å². The topological polar surface area (TPSA) is 105 Å². The number of hydrogen-bond acceptors (Lipinski definition) is 8. The molecule has 2 aromatic rings. The van der Waals surface area contributed by atoms with E-state index in [1.165, 1.54) is 11.3 Å². The van der Waals surface area contributed by atoms with Gasteiger partial charge < -0.3 is 15.2 Å². The molecule has 1 atom stereocenters. The molecule has 0 aliphatic rings. The lowest BCUT2D eigenvalue weighted by molar-refractivity contribution is 0.0615. The maximum atomic E-state index is 9.57. The molecule has 1 unspecified atom stereocenters. The zero-order chi connectivity index (χ0) is 13.7. The first kappa shape index (κ1) is 13.9. The Hall–Kier alpha value is -1.48. The lowest BCUT2D eigenvalue weighted by Gasteiger charge is -2.11. The number of nitrogen functional groups attached to an aromatic ring is 1. The fourth-order valence-electron chi connectivity index (χ4n) is 1.69. The van der Waals surface area contributed by atoms with Crippen LogP contribution in [0.4, 0.5) is 11.8 Å². The third-order valence-electron chi connectivity index (χ3n) is 2.58. The summed E-state index contributed by atoms with van der Waals surface area (Å²) in [7, 11) is 1.56. The molecule has 2 aromatic heterocycles. The number of aromatic nitrogens is 2. The average molecular weight is 283 g/mol. The molecule has 0 spiro atoms. The summed E-state index contributed by atoms with van der Waals surface area (Å²) in [5, 5.41) is 15.7. The number of methoxy groups -OCH3 is 1. The van der Waals surface area contributed by atoms with Crippen molar-refractivity contribution >= 4 is 33.3 Å². The van der Waals surface area contributed by atoms with Gasteiger partial charge in [0.05, 0.1) is 18.1 Å². The second kappa shape index (κ2) is 6.62. The van der Waals surface area contributed by atoms with Crippen molar-refractivity contribution in [2.75, 3.05) is 31.0 Å². The second-order valence-electron chi connectivity index (χ2n) is 4.00. The van der Waals surface area contributed by atoms with Crippen LogP contribution in [0.2, 0.25) is 0 Å². The van der Waals surface area contributed by atoms with Crippen LogP contribution in [-0.4, -0.2) is 41.4 Å². The van der Waals surface area contributed by atoms with Crippen molar-refractivity contribution in [1.82, 2.24) is 9.97 Å². The minimum atomic E-state index is -0.482. The maximum Gasteiger partial charge on any atom is 0.240 e. The summed E-state index contributed by atoms with van der Waals surface area (Å²) in [4.78, 5) is 9.38. The molecular weight excluding hydrogens is 266 g/mol. The summed E-state index contributed by atoms with van der Waals surface area (Å²) in [6, 6.07) is 1.95. The number of anilines is 2. The van der Waals surface area contributed by atoms with E-state index in [9.17, 15) is 5.11 Å². The van der Waals surface area contributed by atoms with Crippen LogP contribution in [-0.2, 0) is 4.74 Å². The van der Waals surface area contributed by atoms with E-state index in [0.717, 1.165) is 10.2 Å². The van der Waals surface area contributed by atoms with Gasteiger partial charge in [0.15, 0.2) is 0 Å². The van der Waals surface area contributed by atoms with Crippen LogP contribution >= 0.6 is 11.3 Å². The number of aliphatic hydroxyl groups excluding tert-OH is 1. The van der Waals surface area contributed by atoms with Gasteiger partial charge in [-0.15, -0.1) is 11.3 Å². The molecule has 0 bridgehead atoms. The van der Waals surface area contributed by atoms with E-state index in [4.69, 9.17) is 10.6 Å². The van der Waals surface area contributed by atoms with Crippen LogP contribution in [0.25, 0.3) is 10.2 Å². The van der Waals surface area contributed by atoms with Gasteiger partial charge in [-0.25, -0.2) is 10.8 Å². The Morgan fingerprint density at radius 1 is 1.53 bits per heavy atom. The highest BCUT2D eigenvalue weighted by Crippen LogP contribution is 2.26. The van der Waals surface area contributed by atoms with Crippen molar-refractivity contribution in [3.8, 4) is 0 Å². The molecule has 0 aromatic carbocycles. The summed E-state index contributed by atoms with van der Waals surface area (Å²) in [6.45, 7) is 0.922. The molecule has 0 fully saturated rings. The third-order valence-corrected chi connectivity index (χ3v) is 3.39. The minimum Gasteiger partial charge on any atom is -0.391 e. The van der Waals surface area contributed by atoms with Crippen LogP contribution in [0, 0.1) is 0 Å². The van der Waals surface area contributed by atoms with E-state index in [2.05, 4.69) is 20.7 Å². The number of rotatable bonds is 7. The third kappa shape index (κ3) is 3.51. The van der Waals surface area contributed by atoms with Gasteiger partial charge in [-0.05, 0) is 17.9 Å². The van der Waals surface area contributed by atoms with Gasteiger partial charge in [0.25, 0.3) is 0 Å².